The predicted octanol–water partition coefficient (Wildman–Crippen LogP) is 1.38. The minimum atomic E-state index is -0.562. The molecule has 0 saturated carbocycles. The number of benzene rings is 1. The van der Waals surface area contributed by atoms with Gasteiger partial charge >= 0.3 is 0 Å². The molecule has 2 N–H and O–H groups in total. The van der Waals surface area contributed by atoms with Crippen molar-refractivity contribution in [3.05, 3.63) is 63.6 Å². The lowest BCUT2D eigenvalue weighted by Gasteiger charge is -2.04. The van der Waals surface area contributed by atoms with E-state index >= 15 is 0 Å². The van der Waals surface area contributed by atoms with Gasteiger partial charge in [-0.25, -0.2) is 5.43 Å². The van der Waals surface area contributed by atoms with E-state index in [0.717, 1.165) is 5.76 Å². The van der Waals surface area contributed by atoms with Crippen molar-refractivity contribution >= 4 is 23.7 Å². The molecule has 0 atom stereocenters. The molecule has 1 aromatic carbocycles. The molecule has 0 aliphatic heterocycles. The molecule has 1 heterocycles. The zero-order valence-electron chi connectivity index (χ0n) is 12.7. The first-order valence-corrected chi connectivity index (χ1v) is 6.86. The van der Waals surface area contributed by atoms with Crippen molar-refractivity contribution in [3.63, 3.8) is 0 Å². The van der Waals surface area contributed by atoms with Gasteiger partial charge in [-0.05, 0) is 31.2 Å². The Labute approximate surface area is 136 Å². The SMILES string of the molecule is Cc1ccc(/C=N/NC(=O)CNC(=O)c2ccc([N+](=O)[O-])cc2)o1. The number of hydrogen-bond acceptors (Lipinski definition) is 6. The number of nitro groups is 1. The Morgan fingerprint density at radius 2 is 1.96 bits per heavy atom. The minimum absolute atomic E-state index is 0.119. The van der Waals surface area contributed by atoms with Crippen LogP contribution in [0.4, 0.5) is 5.69 Å². The average molecular weight is 330 g/mol. The van der Waals surface area contributed by atoms with Gasteiger partial charge in [-0.3, -0.25) is 19.7 Å². The monoisotopic (exact) mass is 330 g/mol. The largest absolute Gasteiger partial charge is 0.460 e. The van der Waals surface area contributed by atoms with Crippen molar-refractivity contribution < 1.29 is 18.9 Å². The van der Waals surface area contributed by atoms with Crippen molar-refractivity contribution in [2.75, 3.05) is 6.54 Å². The Morgan fingerprint density at radius 3 is 2.54 bits per heavy atom. The van der Waals surface area contributed by atoms with E-state index in [-0.39, 0.29) is 17.8 Å². The fraction of sp³-hybridized carbons (Fsp3) is 0.133. The lowest BCUT2D eigenvalue weighted by atomic mass is 10.2. The molecule has 2 amide bonds. The number of nitrogens with zero attached hydrogens (tertiary/aromatic N) is 2. The summed E-state index contributed by atoms with van der Waals surface area (Å²) in [6.45, 7) is 1.49. The zero-order chi connectivity index (χ0) is 17.5. The van der Waals surface area contributed by atoms with E-state index < -0.39 is 16.7 Å². The molecule has 0 spiro atoms. The summed E-state index contributed by atoms with van der Waals surface area (Å²) >= 11 is 0. The van der Waals surface area contributed by atoms with Crippen LogP contribution < -0.4 is 10.7 Å². The molecule has 2 rings (SSSR count). The van der Waals surface area contributed by atoms with Crippen LogP contribution in [0, 0.1) is 17.0 Å². The lowest BCUT2D eigenvalue weighted by Crippen LogP contribution is -2.34. The summed E-state index contributed by atoms with van der Waals surface area (Å²) in [5, 5.41) is 16.6. The molecule has 124 valence electrons. The van der Waals surface area contributed by atoms with Crippen molar-refractivity contribution in [2.45, 2.75) is 6.92 Å². The molecule has 0 saturated heterocycles. The second-order valence-electron chi connectivity index (χ2n) is 4.73. The Hall–Kier alpha value is -3.49. The van der Waals surface area contributed by atoms with Gasteiger partial charge in [0.15, 0.2) is 0 Å². The summed E-state index contributed by atoms with van der Waals surface area (Å²) in [5.41, 5.74) is 2.33. The van der Waals surface area contributed by atoms with Crippen LogP contribution in [0.15, 0.2) is 45.9 Å². The third-order valence-corrected chi connectivity index (χ3v) is 2.89. The van der Waals surface area contributed by atoms with Crippen molar-refractivity contribution in [3.8, 4) is 0 Å². The quantitative estimate of drug-likeness (QED) is 0.470. The first kappa shape index (κ1) is 16.9. The summed E-state index contributed by atoms with van der Waals surface area (Å²) in [4.78, 5) is 33.3. The van der Waals surface area contributed by atoms with Crippen LogP contribution in [-0.4, -0.2) is 29.5 Å². The highest BCUT2D eigenvalue weighted by atomic mass is 16.6. The maximum atomic E-state index is 11.8. The Balaban J connectivity index is 1.79. The van der Waals surface area contributed by atoms with E-state index in [4.69, 9.17) is 4.42 Å². The number of nitro benzene ring substituents is 1. The van der Waals surface area contributed by atoms with E-state index in [2.05, 4.69) is 15.8 Å². The van der Waals surface area contributed by atoms with Gasteiger partial charge in [0.25, 0.3) is 17.5 Å². The number of furan rings is 1. The van der Waals surface area contributed by atoms with E-state index in [1.54, 1.807) is 19.1 Å². The molecule has 0 aliphatic carbocycles. The van der Waals surface area contributed by atoms with E-state index in [9.17, 15) is 19.7 Å². The fourth-order valence-corrected chi connectivity index (χ4v) is 1.73. The zero-order valence-corrected chi connectivity index (χ0v) is 12.7. The minimum Gasteiger partial charge on any atom is -0.460 e. The maximum absolute atomic E-state index is 11.8. The number of non-ortho nitro benzene ring substituents is 1. The van der Waals surface area contributed by atoms with Gasteiger partial charge in [-0.1, -0.05) is 0 Å². The van der Waals surface area contributed by atoms with E-state index in [1.807, 2.05) is 0 Å². The maximum Gasteiger partial charge on any atom is 0.269 e. The summed E-state index contributed by atoms with van der Waals surface area (Å²) in [5.74, 6) is 0.163. The van der Waals surface area contributed by atoms with Crippen molar-refractivity contribution in [1.29, 1.82) is 0 Å². The van der Waals surface area contributed by atoms with Crippen LogP contribution >= 0.6 is 0 Å². The Morgan fingerprint density at radius 1 is 1.25 bits per heavy atom. The third-order valence-electron chi connectivity index (χ3n) is 2.89. The molecular formula is C15H14N4O5. The Kier molecular flexibility index (Phi) is 5.40. The predicted molar refractivity (Wildman–Crippen MR) is 84.6 cm³/mol. The van der Waals surface area contributed by atoms with Crippen molar-refractivity contribution in [2.24, 2.45) is 5.10 Å². The molecular weight excluding hydrogens is 316 g/mol. The molecule has 24 heavy (non-hydrogen) atoms. The fourth-order valence-electron chi connectivity index (χ4n) is 1.73. The van der Waals surface area contributed by atoms with Crippen LogP contribution in [0.5, 0.6) is 0 Å². The van der Waals surface area contributed by atoms with Gasteiger partial charge in [-0.15, -0.1) is 0 Å². The molecule has 0 unspecified atom stereocenters. The molecule has 0 radical (unpaired) electrons. The van der Waals surface area contributed by atoms with Crippen LogP contribution in [0.1, 0.15) is 21.9 Å². The highest BCUT2D eigenvalue weighted by molar-refractivity contribution is 5.96. The van der Waals surface area contributed by atoms with E-state index in [1.165, 1.54) is 30.5 Å². The van der Waals surface area contributed by atoms with E-state index in [0.29, 0.717) is 5.76 Å². The van der Waals surface area contributed by atoms with Gasteiger partial charge < -0.3 is 9.73 Å². The average Bonchev–Trinajstić information content (AvgIpc) is 2.98. The summed E-state index contributed by atoms with van der Waals surface area (Å²) in [6, 6.07) is 8.50. The van der Waals surface area contributed by atoms with Gasteiger partial charge in [0.1, 0.15) is 11.5 Å². The summed E-state index contributed by atoms with van der Waals surface area (Å²) in [6.07, 6.45) is 1.34. The molecule has 1 aromatic heterocycles. The number of carbonyl (C=O) groups excluding carboxylic acids is 2. The van der Waals surface area contributed by atoms with Crippen LogP contribution in [0.3, 0.4) is 0 Å². The molecule has 0 aliphatic rings. The van der Waals surface area contributed by atoms with Gasteiger partial charge in [0.2, 0.25) is 0 Å². The number of carbonyl (C=O) groups is 2. The molecule has 0 bridgehead atoms. The molecule has 9 heteroatoms. The second-order valence-corrected chi connectivity index (χ2v) is 4.73. The molecule has 9 nitrogen and oxygen atoms in total. The smallest absolute Gasteiger partial charge is 0.269 e. The highest BCUT2D eigenvalue weighted by Crippen LogP contribution is 2.11. The van der Waals surface area contributed by atoms with Crippen LogP contribution in [0.2, 0.25) is 0 Å². The first-order valence-electron chi connectivity index (χ1n) is 6.86. The van der Waals surface area contributed by atoms with Gasteiger partial charge in [0.05, 0.1) is 17.7 Å². The number of rotatable bonds is 6. The summed E-state index contributed by atoms with van der Waals surface area (Å²) in [7, 11) is 0. The number of hydrogen-bond donors (Lipinski definition) is 2. The third kappa shape index (κ3) is 4.77. The number of aryl methyl sites for hydroxylation is 1. The number of nitrogens with one attached hydrogen (secondary N) is 2. The summed E-state index contributed by atoms with van der Waals surface area (Å²) < 4.78 is 5.23. The topological polar surface area (TPSA) is 127 Å². The van der Waals surface area contributed by atoms with Gasteiger partial charge in [0, 0.05) is 17.7 Å². The normalized spacial score (nSPS) is 10.5. The second kappa shape index (κ2) is 7.68. The highest BCUT2D eigenvalue weighted by Gasteiger charge is 2.10. The number of amides is 2. The first-order chi connectivity index (χ1) is 11.5. The number of hydrazone groups is 1. The molecule has 2 aromatic rings. The lowest BCUT2D eigenvalue weighted by molar-refractivity contribution is -0.384. The van der Waals surface area contributed by atoms with Crippen LogP contribution in [0.25, 0.3) is 0 Å². The molecule has 0 fully saturated rings. The Bertz CT molecular complexity index is 779. The van der Waals surface area contributed by atoms with Gasteiger partial charge in [-0.2, -0.15) is 5.10 Å². The standard InChI is InChI=1S/C15H14N4O5/c1-10-2-7-13(24-10)8-17-18-14(20)9-16-15(21)11-3-5-12(6-4-11)19(22)23/h2-8H,9H2,1H3,(H,16,21)(H,18,20)/b17-8+. The van der Waals surface area contributed by atoms with Crippen LogP contribution in [-0.2, 0) is 4.79 Å². The van der Waals surface area contributed by atoms with Crippen molar-refractivity contribution in [1.82, 2.24) is 10.7 Å².